The number of Topliss-reactive ketones (excluding diaryl/α,β-unsaturated/α-hetero) is 1. The number of primary amides is 1. The molecule has 2 aromatic heterocycles. The average molecular weight is 617 g/mol. The maximum atomic E-state index is 11.7. The summed E-state index contributed by atoms with van der Waals surface area (Å²) in [6, 6.07) is 5.58. The van der Waals surface area contributed by atoms with E-state index in [1.807, 2.05) is 35.2 Å². The van der Waals surface area contributed by atoms with Gasteiger partial charge in [-0.15, -0.1) is 23.1 Å². The van der Waals surface area contributed by atoms with E-state index in [-0.39, 0.29) is 39.3 Å². The summed E-state index contributed by atoms with van der Waals surface area (Å²) in [5.41, 5.74) is 3.41. The number of carbonyl (C=O) groups excluding carboxylic acids is 5. The first-order valence-electron chi connectivity index (χ1n) is 13.7. The zero-order valence-electron chi connectivity index (χ0n) is 26.8. The molecule has 0 saturated carbocycles. The number of nitrogens with two attached hydrogens (primary N) is 2. The van der Waals surface area contributed by atoms with E-state index in [0.29, 0.717) is 29.2 Å². The number of carbonyl (C=O) groups is 5. The number of pyridine rings is 1. The Balaban J connectivity index is 0.000000287. The fourth-order valence-electron chi connectivity index (χ4n) is 3.12. The van der Waals surface area contributed by atoms with Crippen LogP contribution in [0.2, 0.25) is 2.82 Å². The van der Waals surface area contributed by atoms with Crippen LogP contribution in [0.15, 0.2) is 52.4 Å². The van der Waals surface area contributed by atoms with Crippen LogP contribution >= 0.6 is 23.1 Å². The minimum absolute atomic E-state index is 0.0500. The minimum atomic E-state index is -2.11. The van der Waals surface area contributed by atoms with Gasteiger partial charge in [0.2, 0.25) is 11.7 Å². The molecular weight excluding hydrogens is 584 g/mol. The Kier molecular flexibility index (Phi) is 8.62. The van der Waals surface area contributed by atoms with Crippen LogP contribution in [0.1, 0.15) is 28.7 Å². The van der Waals surface area contributed by atoms with Crippen LogP contribution < -0.4 is 21.1 Å². The number of nitrogen functional groups attached to an aromatic ring is 1. The molecule has 2 amide bonds. The number of oxime groups is 1. The minimum Gasteiger partial charge on any atom is -0.543 e. The van der Waals surface area contributed by atoms with Gasteiger partial charge < -0.3 is 26.2 Å². The number of ketones is 1. The van der Waals surface area contributed by atoms with E-state index in [4.69, 9.17) is 22.6 Å². The van der Waals surface area contributed by atoms with Crippen molar-refractivity contribution in [2.45, 2.75) is 37.8 Å². The number of aliphatic carboxylic acids is 1. The molecular formula is C23H26N6O8S3. The van der Waals surface area contributed by atoms with Gasteiger partial charge in [-0.05, 0) is 26.2 Å². The van der Waals surface area contributed by atoms with Gasteiger partial charge in [-0.1, -0.05) is 11.2 Å². The number of aromatic nitrogens is 2. The molecule has 4 N–H and O–H groups in total. The lowest BCUT2D eigenvalue weighted by Crippen LogP contribution is -2.56. The number of thioether (sulfide) groups is 1. The van der Waals surface area contributed by atoms with Crippen molar-refractivity contribution in [1.82, 2.24) is 9.88 Å². The molecule has 1 saturated heterocycles. The number of carboxylic acids is 1. The maximum absolute atomic E-state index is 11.7. The predicted octanol–water partition coefficient (Wildman–Crippen LogP) is -2.11. The molecule has 1 fully saturated rings. The molecule has 17 heteroatoms. The molecule has 40 heavy (non-hydrogen) atoms. The number of carboxylic acid groups (broad SMARTS) is 1. The molecule has 0 aromatic carbocycles. The van der Waals surface area contributed by atoms with Crippen LogP contribution in [0.25, 0.3) is 0 Å². The van der Waals surface area contributed by atoms with E-state index in [1.165, 1.54) is 30.5 Å². The van der Waals surface area contributed by atoms with Crippen LogP contribution in [-0.4, -0.2) is 68.6 Å². The van der Waals surface area contributed by atoms with Gasteiger partial charge in [-0.3, -0.25) is 28.3 Å². The van der Waals surface area contributed by atoms with Crippen molar-refractivity contribution in [3.05, 3.63) is 52.9 Å². The van der Waals surface area contributed by atoms with Gasteiger partial charge in [-0.25, -0.2) is 9.55 Å². The Morgan fingerprint density at radius 2 is 2.12 bits per heavy atom. The van der Waals surface area contributed by atoms with E-state index >= 15 is 0 Å². The van der Waals surface area contributed by atoms with Crippen LogP contribution in [0, 0.1) is 0 Å². The van der Waals surface area contributed by atoms with Crippen molar-refractivity contribution in [3.63, 3.8) is 0 Å². The first-order valence-corrected chi connectivity index (χ1v) is 13.1. The van der Waals surface area contributed by atoms with E-state index in [2.05, 4.69) is 10.1 Å². The highest BCUT2D eigenvalue weighted by Gasteiger charge is 2.43. The summed E-state index contributed by atoms with van der Waals surface area (Å²) in [6.07, 6.45) is 2.86. The van der Waals surface area contributed by atoms with Crippen molar-refractivity contribution >= 4 is 76.1 Å². The lowest BCUT2D eigenvalue weighted by atomic mass is 10.1. The monoisotopic (exact) mass is 616 g/mol. The Morgan fingerprint density at radius 3 is 2.67 bits per heavy atom. The number of hydrogen-bond acceptors (Lipinski definition) is 13. The molecule has 214 valence electrons. The quantitative estimate of drug-likeness (QED) is 0.0734. The van der Waals surface area contributed by atoms with Crippen LogP contribution in [0.5, 0.6) is 0 Å². The first-order chi connectivity index (χ1) is 21.4. The largest absolute Gasteiger partial charge is 0.543 e. The van der Waals surface area contributed by atoms with Gasteiger partial charge in [0, 0.05) is 30.2 Å². The molecule has 14 nitrogen and oxygen atoms in total. The summed E-state index contributed by atoms with van der Waals surface area (Å²) in [4.78, 5) is 66.0. The fraction of sp³-hybridized carbons (Fsp3) is 0.304. The smallest absolute Gasteiger partial charge is 0.273 e. The number of anilines is 1. The standard InChI is InChI=1S/C13H12N2O3S.C10H12N4O4S.H2OS/c16-10-6-11-15(10)12(13(17)18)9(8-19-11)7-14-4-2-1-3-5-14;1-10(2,6(16)3-15)18-14-7(8(11)17)5-4-19-9(12)13-5;1-2/h1-5,11H,6-8H2;3-4H,1-2H3,(H2,11,17)(H2,12,13);2H2/b;14-7-;/t11-;;/m1../s1/i6D;4D;2D2/hD2/t6-,11+;;/m0... The lowest BCUT2D eigenvalue weighted by molar-refractivity contribution is -0.689. The van der Waals surface area contributed by atoms with Gasteiger partial charge in [0.25, 0.3) is 5.91 Å². The van der Waals surface area contributed by atoms with Gasteiger partial charge >= 0.3 is 0 Å². The number of nitrogens with zero attached hydrogens (tertiary/aromatic N) is 4. The van der Waals surface area contributed by atoms with Gasteiger partial charge in [0.1, 0.15) is 7.94 Å². The number of β-lactam (4-membered cyclic amide) rings is 1. The van der Waals surface area contributed by atoms with E-state index < -0.39 is 53.6 Å². The van der Waals surface area contributed by atoms with Crippen molar-refractivity contribution in [1.29, 1.82) is 2.25 Å². The molecule has 0 bridgehead atoms. The van der Waals surface area contributed by atoms with Crippen LogP contribution in [0.3, 0.4) is 0 Å². The lowest BCUT2D eigenvalue weighted by Gasteiger charge is -2.45. The number of aldehydes is 1. The third-order valence-electron chi connectivity index (χ3n) is 5.09. The maximum Gasteiger partial charge on any atom is 0.273 e. The fourth-order valence-corrected chi connectivity index (χ4v) is 4.75. The Morgan fingerprint density at radius 1 is 1.45 bits per heavy atom. The Bertz CT molecular complexity index is 1570. The first kappa shape index (κ1) is 23.9. The molecule has 0 unspecified atom stereocenters. The SMILES string of the molecule is [2H]S([2H])=O.[2H][C@H]1C(=O)N2C(C(=O)[O-])=C(C[n+]3ccccc3)CS[C@H]12.[2H]c1sc(N([2H])[2H])nc1/C(=N/OC(C)(C)C(=O)C=O)C(N)=O. The molecule has 2 aliphatic heterocycles. The molecule has 2 atom stereocenters. The van der Waals surface area contributed by atoms with Crippen molar-refractivity contribution in [2.75, 3.05) is 11.5 Å². The number of rotatable bonds is 10. The zero-order valence-corrected chi connectivity index (χ0v) is 23.3. The number of fused-ring (bicyclic) bond motifs is 1. The Hall–Kier alpha value is -3.96. The number of amides is 2. The Labute approximate surface area is 249 Å². The highest BCUT2D eigenvalue weighted by Crippen LogP contribution is 2.39. The summed E-state index contributed by atoms with van der Waals surface area (Å²) in [6.45, 7) is 2.92. The summed E-state index contributed by atoms with van der Waals surface area (Å²) in [7, 11) is 0. The zero-order chi connectivity index (χ0) is 34.9. The van der Waals surface area contributed by atoms with Crippen LogP contribution in [-0.2, 0) is 47.7 Å². The topological polar surface area (TPSA) is 219 Å². The highest BCUT2D eigenvalue weighted by atomic mass is 32.2. The molecule has 0 radical (unpaired) electrons. The van der Waals surface area contributed by atoms with Crippen molar-refractivity contribution < 1.29 is 48.3 Å². The summed E-state index contributed by atoms with van der Waals surface area (Å²) < 4.78 is 51.6. The molecule has 0 spiro atoms. The van der Waals surface area contributed by atoms with E-state index in [1.54, 1.807) is 0 Å². The van der Waals surface area contributed by atoms with Gasteiger partial charge in [0.15, 0.2) is 44.5 Å². The second kappa shape index (κ2) is 14.4. The van der Waals surface area contributed by atoms with Gasteiger partial charge in [-0.2, -0.15) is 0 Å². The predicted molar refractivity (Wildman–Crippen MR) is 146 cm³/mol. The highest BCUT2D eigenvalue weighted by molar-refractivity contribution is 8.00. The van der Waals surface area contributed by atoms with E-state index in [9.17, 15) is 29.1 Å². The second-order valence-corrected chi connectivity index (χ2v) is 10.1. The summed E-state index contributed by atoms with van der Waals surface area (Å²) >= 11 is -0.0309. The van der Waals surface area contributed by atoms with Crippen LogP contribution in [0.4, 0.5) is 5.13 Å². The van der Waals surface area contributed by atoms with Crippen molar-refractivity contribution in [3.8, 4) is 0 Å². The number of hydrogen-bond donors (Lipinski definition) is 2. The van der Waals surface area contributed by atoms with E-state index in [0.717, 1.165) is 0 Å². The summed E-state index contributed by atoms with van der Waals surface area (Å²) in [5.74, 6) is -3.30. The molecule has 2 aliphatic rings. The number of thiazole rings is 1. The molecule has 2 aromatic rings. The third kappa shape index (κ3) is 8.03. The molecule has 4 rings (SSSR count). The van der Waals surface area contributed by atoms with Crippen molar-refractivity contribution in [2.24, 2.45) is 10.9 Å². The second-order valence-electron chi connectivity index (χ2n) is 8.20. The normalized spacial score (nSPS) is 20.2. The van der Waals surface area contributed by atoms with Gasteiger partial charge in [0.05, 0.1) is 24.8 Å². The molecule has 4 heterocycles. The third-order valence-corrected chi connectivity index (χ3v) is 6.87. The average Bonchev–Trinajstić information content (AvgIpc) is 3.37. The molecule has 0 aliphatic carbocycles. The summed E-state index contributed by atoms with van der Waals surface area (Å²) in [5, 5.41) is 13.9.